The van der Waals surface area contributed by atoms with E-state index in [4.69, 9.17) is 17.0 Å². The van der Waals surface area contributed by atoms with E-state index in [1.807, 2.05) is 0 Å². The molecule has 2 rings (SSSR count). The van der Waals surface area contributed by atoms with E-state index in [0.717, 1.165) is 0 Å². The molecule has 0 unspecified atom stereocenters. The number of aromatic hydroxyl groups is 2. The van der Waals surface area contributed by atoms with Crippen LogP contribution in [0.3, 0.4) is 0 Å². The third-order valence-electron chi connectivity index (χ3n) is 3.04. The number of anilines is 1. The minimum atomic E-state index is -0.260. The molecule has 0 saturated carbocycles. The highest BCUT2D eigenvalue weighted by Crippen LogP contribution is 2.21. The van der Waals surface area contributed by atoms with E-state index in [1.54, 1.807) is 24.3 Å². The maximum atomic E-state index is 10.0. The van der Waals surface area contributed by atoms with Crippen molar-refractivity contribution in [2.45, 2.75) is 6.92 Å². The topological polar surface area (TPSA) is 112 Å². The third kappa shape index (κ3) is 4.31. The lowest BCUT2D eigenvalue weighted by atomic mass is 10.2. The summed E-state index contributed by atoms with van der Waals surface area (Å²) in [5.41, 5.74) is 0.871. The molecule has 0 aliphatic heterocycles. The molecule has 24 heavy (non-hydrogen) atoms. The normalized spacial score (nSPS) is 11.7. The zero-order valence-corrected chi connectivity index (χ0v) is 13.4. The predicted octanol–water partition coefficient (Wildman–Crippen LogP) is 3.42. The van der Waals surface area contributed by atoms with Crippen molar-refractivity contribution in [1.29, 1.82) is 5.41 Å². The quantitative estimate of drug-likeness (QED) is 0.386. The van der Waals surface area contributed by atoms with Crippen molar-refractivity contribution in [2.24, 2.45) is 10.2 Å². The first-order valence-electron chi connectivity index (χ1n) is 6.81. The lowest BCUT2D eigenvalue weighted by Crippen LogP contribution is -2.31. The van der Waals surface area contributed by atoms with Crippen LogP contribution < -0.4 is 5.06 Å². The predicted molar refractivity (Wildman–Crippen MR) is 93.9 cm³/mol. The van der Waals surface area contributed by atoms with Gasteiger partial charge in [-0.3, -0.25) is 10.6 Å². The fourth-order valence-electron chi connectivity index (χ4n) is 1.73. The summed E-state index contributed by atoms with van der Waals surface area (Å²) in [5, 5.41) is 45.5. The number of halogens is 1. The Morgan fingerprint density at radius 2 is 1.83 bits per heavy atom. The summed E-state index contributed by atoms with van der Waals surface area (Å²) in [6, 6.07) is 10.3. The average molecular weight is 347 g/mol. The first kappa shape index (κ1) is 17.5. The molecule has 0 aliphatic rings. The van der Waals surface area contributed by atoms with Crippen molar-refractivity contribution in [2.75, 3.05) is 5.06 Å². The molecule has 8 heteroatoms. The van der Waals surface area contributed by atoms with Crippen LogP contribution in [-0.4, -0.2) is 33.2 Å². The van der Waals surface area contributed by atoms with Crippen LogP contribution in [0.1, 0.15) is 12.5 Å². The molecule has 0 bridgehead atoms. The van der Waals surface area contributed by atoms with Gasteiger partial charge in [-0.25, -0.2) is 5.06 Å². The van der Waals surface area contributed by atoms with Gasteiger partial charge in [-0.15, -0.1) is 0 Å². The maximum absolute atomic E-state index is 10.0. The monoisotopic (exact) mass is 346 g/mol. The summed E-state index contributed by atoms with van der Waals surface area (Å²) < 4.78 is 0. The van der Waals surface area contributed by atoms with Crippen molar-refractivity contribution < 1.29 is 15.4 Å². The van der Waals surface area contributed by atoms with Gasteiger partial charge in [-0.1, -0.05) is 11.6 Å². The van der Waals surface area contributed by atoms with E-state index in [-0.39, 0.29) is 23.0 Å². The van der Waals surface area contributed by atoms with Crippen LogP contribution in [0.2, 0.25) is 5.02 Å². The Morgan fingerprint density at radius 3 is 2.46 bits per heavy atom. The van der Waals surface area contributed by atoms with Gasteiger partial charge in [-0.05, 0) is 43.3 Å². The van der Waals surface area contributed by atoms with Crippen LogP contribution in [-0.2, 0) is 0 Å². The third-order valence-corrected chi connectivity index (χ3v) is 3.30. The molecule has 0 heterocycles. The van der Waals surface area contributed by atoms with Gasteiger partial charge in [0.05, 0.1) is 11.9 Å². The number of rotatable bonds is 4. The number of phenols is 2. The molecular weight excluding hydrogens is 332 g/mol. The van der Waals surface area contributed by atoms with Crippen molar-refractivity contribution in [3.8, 4) is 11.5 Å². The number of phenolic OH excluding ortho intramolecular Hbond substituents is 2. The summed E-state index contributed by atoms with van der Waals surface area (Å²) in [6.45, 7) is 1.51. The van der Waals surface area contributed by atoms with Gasteiger partial charge in [0.15, 0.2) is 5.84 Å². The minimum absolute atomic E-state index is 0.0648. The van der Waals surface area contributed by atoms with Crippen molar-refractivity contribution in [3.05, 3.63) is 53.1 Å². The van der Waals surface area contributed by atoms with E-state index < -0.39 is 0 Å². The molecule has 0 aromatic heterocycles. The molecular formula is C16H15ClN4O3. The smallest absolute Gasteiger partial charge is 0.173 e. The molecule has 0 fully saturated rings. The van der Waals surface area contributed by atoms with Crippen molar-refractivity contribution in [1.82, 2.24) is 0 Å². The summed E-state index contributed by atoms with van der Waals surface area (Å²) in [5.74, 6) is -0.471. The van der Waals surface area contributed by atoms with E-state index in [1.165, 1.54) is 31.3 Å². The number of amidine groups is 1. The van der Waals surface area contributed by atoms with Gasteiger partial charge in [-0.2, -0.15) is 10.2 Å². The molecule has 0 amide bonds. The second-order valence-electron chi connectivity index (χ2n) is 4.81. The lowest BCUT2D eigenvalue weighted by Gasteiger charge is -2.16. The van der Waals surface area contributed by atoms with Crippen molar-refractivity contribution >= 4 is 35.1 Å². The Balaban J connectivity index is 2.10. The van der Waals surface area contributed by atoms with E-state index in [2.05, 4.69) is 10.2 Å². The van der Waals surface area contributed by atoms with Crippen molar-refractivity contribution in [3.63, 3.8) is 0 Å². The molecule has 0 aliphatic carbocycles. The molecule has 2 aromatic rings. The minimum Gasteiger partial charge on any atom is -0.508 e. The highest BCUT2D eigenvalue weighted by Gasteiger charge is 2.12. The van der Waals surface area contributed by atoms with Crippen LogP contribution in [0.25, 0.3) is 0 Å². The number of benzene rings is 2. The largest absolute Gasteiger partial charge is 0.508 e. The zero-order chi connectivity index (χ0) is 17.7. The second kappa shape index (κ2) is 7.58. The fraction of sp³-hybridized carbons (Fsp3) is 0.0625. The molecule has 2 aromatic carbocycles. The molecule has 4 N–H and O–H groups in total. The van der Waals surface area contributed by atoms with E-state index in [0.29, 0.717) is 21.3 Å². The molecule has 0 radical (unpaired) electrons. The Morgan fingerprint density at radius 1 is 1.17 bits per heavy atom. The highest BCUT2D eigenvalue weighted by atomic mass is 35.5. The Labute approximate surface area is 143 Å². The standard InChI is InChI=1S/C16H15ClN4O3/c1-10(16(18)21(24)13-5-3-12(17)4-6-13)20-19-9-11-2-7-14(22)8-15(11)23/h2-9,18,22-24H,1H3. The molecule has 0 atom stereocenters. The number of hydroxylamine groups is 1. The fourth-order valence-corrected chi connectivity index (χ4v) is 1.86. The molecule has 0 spiro atoms. The zero-order valence-electron chi connectivity index (χ0n) is 12.7. The van der Waals surface area contributed by atoms with Gasteiger partial charge in [0.25, 0.3) is 0 Å². The number of nitrogens with one attached hydrogen (secondary N) is 1. The summed E-state index contributed by atoms with van der Waals surface area (Å²) in [6.07, 6.45) is 1.27. The Kier molecular flexibility index (Phi) is 5.51. The summed E-state index contributed by atoms with van der Waals surface area (Å²) in [4.78, 5) is 0. The van der Waals surface area contributed by atoms with Crippen LogP contribution in [0, 0.1) is 5.41 Å². The summed E-state index contributed by atoms with van der Waals surface area (Å²) >= 11 is 5.77. The maximum Gasteiger partial charge on any atom is 0.173 e. The number of nitrogens with zero attached hydrogens (tertiary/aromatic N) is 3. The first-order chi connectivity index (χ1) is 11.4. The van der Waals surface area contributed by atoms with Gasteiger partial charge in [0.1, 0.15) is 17.2 Å². The van der Waals surface area contributed by atoms with Gasteiger partial charge >= 0.3 is 0 Å². The second-order valence-corrected chi connectivity index (χ2v) is 5.25. The van der Waals surface area contributed by atoms with E-state index >= 15 is 0 Å². The van der Waals surface area contributed by atoms with Gasteiger partial charge in [0.2, 0.25) is 0 Å². The van der Waals surface area contributed by atoms with Crippen LogP contribution in [0.5, 0.6) is 11.5 Å². The summed E-state index contributed by atoms with van der Waals surface area (Å²) in [7, 11) is 0. The number of hydrogen-bond acceptors (Lipinski definition) is 6. The SMILES string of the molecule is CC(=NN=Cc1ccc(O)cc1O)C(=N)N(O)c1ccc(Cl)cc1. The first-order valence-corrected chi connectivity index (χ1v) is 7.19. The lowest BCUT2D eigenvalue weighted by molar-refractivity contribution is 0.313. The molecule has 124 valence electrons. The van der Waals surface area contributed by atoms with Crippen LogP contribution in [0.15, 0.2) is 52.7 Å². The van der Waals surface area contributed by atoms with Gasteiger partial charge < -0.3 is 10.2 Å². The molecule has 0 saturated heterocycles. The Bertz CT molecular complexity index is 803. The Hall–Kier alpha value is -2.90. The number of hydrogen-bond donors (Lipinski definition) is 4. The van der Waals surface area contributed by atoms with Crippen LogP contribution >= 0.6 is 11.6 Å². The van der Waals surface area contributed by atoms with Crippen LogP contribution in [0.4, 0.5) is 5.69 Å². The van der Waals surface area contributed by atoms with Gasteiger partial charge in [0, 0.05) is 16.7 Å². The average Bonchev–Trinajstić information content (AvgIpc) is 2.56. The molecule has 7 nitrogen and oxygen atoms in total. The van der Waals surface area contributed by atoms with E-state index in [9.17, 15) is 15.4 Å². The highest BCUT2D eigenvalue weighted by molar-refractivity contribution is 6.43.